The van der Waals surface area contributed by atoms with E-state index in [0.717, 1.165) is 34.4 Å². The zero-order chi connectivity index (χ0) is 22.1. The molecule has 162 valence electrons. The van der Waals surface area contributed by atoms with Crippen molar-refractivity contribution in [3.63, 3.8) is 0 Å². The van der Waals surface area contributed by atoms with Gasteiger partial charge in [-0.1, -0.05) is 29.8 Å². The highest BCUT2D eigenvalue weighted by Gasteiger charge is 2.27. The summed E-state index contributed by atoms with van der Waals surface area (Å²) in [5.41, 5.74) is 0.0427. The molecule has 1 aliphatic heterocycles. The van der Waals surface area contributed by atoms with Gasteiger partial charge >= 0.3 is 17.5 Å². The first-order valence-electron chi connectivity index (χ1n) is 10.0. The van der Waals surface area contributed by atoms with Crippen molar-refractivity contribution >= 4 is 5.91 Å². The summed E-state index contributed by atoms with van der Waals surface area (Å²) < 4.78 is 7.15. The molecule has 1 fully saturated rings. The van der Waals surface area contributed by atoms with Crippen LogP contribution in [0.2, 0.25) is 0 Å². The van der Waals surface area contributed by atoms with Gasteiger partial charge in [-0.3, -0.25) is 14.2 Å². The molecule has 2 aromatic heterocycles. The average Bonchev–Trinajstić information content (AvgIpc) is 3.28. The van der Waals surface area contributed by atoms with Gasteiger partial charge in [0.25, 0.3) is 5.56 Å². The smallest absolute Gasteiger partial charge is 0.332 e. The van der Waals surface area contributed by atoms with Crippen molar-refractivity contribution in [3.8, 4) is 17.2 Å². The summed E-state index contributed by atoms with van der Waals surface area (Å²) in [5, 5.41) is 7.94. The molecule has 3 aromatic rings. The van der Waals surface area contributed by atoms with E-state index in [1.54, 1.807) is 17.0 Å². The Morgan fingerprint density at radius 1 is 1.10 bits per heavy atom. The summed E-state index contributed by atoms with van der Waals surface area (Å²) in [7, 11) is 1.35. The second-order valence-electron chi connectivity index (χ2n) is 7.39. The molecule has 1 amide bonds. The molecule has 0 spiro atoms. The molecule has 0 N–H and O–H groups in total. The van der Waals surface area contributed by atoms with Gasteiger partial charge in [-0.15, -0.1) is 0 Å². The summed E-state index contributed by atoms with van der Waals surface area (Å²) in [6, 6.07) is 7.10. The van der Waals surface area contributed by atoms with Gasteiger partial charge in [0.2, 0.25) is 5.82 Å². The van der Waals surface area contributed by atoms with Crippen molar-refractivity contribution in [3.05, 3.63) is 56.6 Å². The number of aromatic nitrogens is 5. The van der Waals surface area contributed by atoms with E-state index in [-0.39, 0.29) is 17.4 Å². The minimum atomic E-state index is -0.676. The lowest BCUT2D eigenvalue weighted by Gasteiger charge is -2.33. The van der Waals surface area contributed by atoms with Crippen LogP contribution in [0.3, 0.4) is 0 Å². The lowest BCUT2D eigenvalue weighted by molar-refractivity contribution is 0.0595. The third-order valence-corrected chi connectivity index (χ3v) is 5.38. The average molecular weight is 425 g/mol. The quantitative estimate of drug-likeness (QED) is 0.576. The molecule has 1 aliphatic rings. The van der Waals surface area contributed by atoms with Crippen LogP contribution in [-0.4, -0.2) is 72.9 Å². The second-order valence-corrected chi connectivity index (χ2v) is 7.39. The van der Waals surface area contributed by atoms with Crippen molar-refractivity contribution in [1.82, 2.24) is 34.3 Å². The molecule has 0 aliphatic carbocycles. The minimum Gasteiger partial charge on any atom is -0.332 e. The maximum absolute atomic E-state index is 12.7. The fourth-order valence-electron chi connectivity index (χ4n) is 3.38. The molecule has 31 heavy (non-hydrogen) atoms. The lowest BCUT2D eigenvalue weighted by atomic mass is 10.2. The van der Waals surface area contributed by atoms with Gasteiger partial charge in [-0.2, -0.15) is 14.8 Å². The summed E-state index contributed by atoms with van der Waals surface area (Å²) in [5.74, 6) is -0.743. The Morgan fingerprint density at radius 2 is 1.77 bits per heavy atom. The number of aryl methyl sites for hydroxylation is 1. The van der Waals surface area contributed by atoms with Crippen molar-refractivity contribution in [2.24, 2.45) is 7.05 Å². The number of carbonyl (C=O) groups is 1. The molecule has 11 nitrogen and oxygen atoms in total. The summed E-state index contributed by atoms with van der Waals surface area (Å²) in [6.07, 6.45) is 0. The zero-order valence-electron chi connectivity index (χ0n) is 17.6. The Balaban J connectivity index is 1.67. The fourth-order valence-corrected chi connectivity index (χ4v) is 3.38. The predicted molar refractivity (Wildman–Crippen MR) is 111 cm³/mol. The van der Waals surface area contributed by atoms with Crippen molar-refractivity contribution in [2.45, 2.75) is 13.8 Å². The third kappa shape index (κ3) is 3.91. The van der Waals surface area contributed by atoms with E-state index in [1.165, 1.54) is 7.05 Å². The SMILES string of the molecule is CCN1CCN(C(=O)c2nc(-c3nn(-c4ccc(C)cc4)c(=O)n(C)c3=O)no2)CC1. The number of hydrogen-bond acceptors (Lipinski definition) is 8. The van der Waals surface area contributed by atoms with Gasteiger partial charge in [-0.05, 0) is 25.6 Å². The van der Waals surface area contributed by atoms with Crippen LogP contribution in [0, 0.1) is 6.92 Å². The Bertz CT molecular complexity index is 1220. The fraction of sp³-hybridized carbons (Fsp3) is 0.400. The first-order valence-corrected chi connectivity index (χ1v) is 10.0. The van der Waals surface area contributed by atoms with E-state index in [4.69, 9.17) is 4.52 Å². The zero-order valence-corrected chi connectivity index (χ0v) is 17.6. The molecule has 1 aromatic carbocycles. The number of amides is 1. The maximum Gasteiger partial charge on any atom is 0.351 e. The molecular formula is C20H23N7O4. The molecule has 0 atom stereocenters. The molecule has 11 heteroatoms. The Hall–Kier alpha value is -3.60. The van der Waals surface area contributed by atoms with Crippen LogP contribution in [0.1, 0.15) is 23.2 Å². The van der Waals surface area contributed by atoms with E-state index in [9.17, 15) is 14.4 Å². The van der Waals surface area contributed by atoms with Crippen LogP contribution in [0.5, 0.6) is 0 Å². The second kappa shape index (κ2) is 8.26. The van der Waals surface area contributed by atoms with Gasteiger partial charge in [-0.25, -0.2) is 4.79 Å². The van der Waals surface area contributed by atoms with Gasteiger partial charge in [0.05, 0.1) is 5.69 Å². The summed E-state index contributed by atoms with van der Waals surface area (Å²) in [4.78, 5) is 45.9. The maximum atomic E-state index is 12.7. The Labute approximate surface area is 177 Å². The van der Waals surface area contributed by atoms with Gasteiger partial charge in [0.1, 0.15) is 0 Å². The van der Waals surface area contributed by atoms with Crippen molar-refractivity contribution < 1.29 is 9.32 Å². The van der Waals surface area contributed by atoms with E-state index >= 15 is 0 Å². The van der Waals surface area contributed by atoms with E-state index < -0.39 is 17.2 Å². The van der Waals surface area contributed by atoms with Crippen LogP contribution in [-0.2, 0) is 7.05 Å². The van der Waals surface area contributed by atoms with Gasteiger partial charge in [0.15, 0.2) is 5.69 Å². The van der Waals surface area contributed by atoms with Crippen LogP contribution in [0.25, 0.3) is 17.2 Å². The van der Waals surface area contributed by atoms with Crippen molar-refractivity contribution in [2.75, 3.05) is 32.7 Å². The van der Waals surface area contributed by atoms with E-state index in [0.29, 0.717) is 18.8 Å². The largest absolute Gasteiger partial charge is 0.351 e. The highest BCUT2D eigenvalue weighted by Crippen LogP contribution is 2.13. The molecule has 0 saturated carbocycles. The van der Waals surface area contributed by atoms with Crippen LogP contribution >= 0.6 is 0 Å². The molecule has 0 unspecified atom stereocenters. The van der Waals surface area contributed by atoms with Crippen LogP contribution < -0.4 is 11.2 Å². The molecule has 3 heterocycles. The number of nitrogens with zero attached hydrogens (tertiary/aromatic N) is 7. The molecule has 0 radical (unpaired) electrons. The number of piperazine rings is 1. The summed E-state index contributed by atoms with van der Waals surface area (Å²) in [6.45, 7) is 7.58. The monoisotopic (exact) mass is 425 g/mol. The number of hydrogen-bond donors (Lipinski definition) is 0. The Kier molecular flexibility index (Phi) is 5.51. The number of benzene rings is 1. The molecule has 1 saturated heterocycles. The highest BCUT2D eigenvalue weighted by atomic mass is 16.5. The number of likely N-dealkylation sites (N-methyl/N-ethyl adjacent to an activating group) is 1. The lowest BCUT2D eigenvalue weighted by Crippen LogP contribution is -2.48. The number of rotatable bonds is 4. The van der Waals surface area contributed by atoms with Crippen molar-refractivity contribution in [1.29, 1.82) is 0 Å². The highest BCUT2D eigenvalue weighted by molar-refractivity contribution is 5.90. The Morgan fingerprint density at radius 3 is 2.42 bits per heavy atom. The first-order chi connectivity index (χ1) is 14.9. The van der Waals surface area contributed by atoms with Gasteiger partial charge < -0.3 is 14.3 Å². The van der Waals surface area contributed by atoms with Crippen LogP contribution in [0.15, 0.2) is 38.4 Å². The molecule has 0 bridgehead atoms. The van der Waals surface area contributed by atoms with E-state index in [1.807, 2.05) is 19.1 Å². The normalized spacial score (nSPS) is 14.7. The third-order valence-electron chi connectivity index (χ3n) is 5.38. The first kappa shape index (κ1) is 20.7. The van der Waals surface area contributed by atoms with E-state index in [2.05, 4.69) is 27.1 Å². The minimum absolute atomic E-state index is 0.142. The topological polar surface area (TPSA) is 119 Å². The van der Waals surface area contributed by atoms with Crippen LogP contribution in [0.4, 0.5) is 0 Å². The molecular weight excluding hydrogens is 402 g/mol. The van der Waals surface area contributed by atoms with Gasteiger partial charge in [0, 0.05) is 33.2 Å². The standard InChI is InChI=1S/C20H23N7O4/c1-4-25-9-11-26(12-10-25)19(29)17-21-16(23-31-17)15-18(28)24(3)20(30)27(22-15)14-7-5-13(2)6-8-14/h5-8H,4,9-12H2,1-3H3. The molecule has 4 rings (SSSR count). The number of carbonyl (C=O) groups excluding carboxylic acids is 1. The predicted octanol–water partition coefficient (Wildman–Crippen LogP) is 0.0673. The summed E-state index contributed by atoms with van der Waals surface area (Å²) >= 11 is 0.